The molecule has 1 atom stereocenters. The molecule has 0 aliphatic heterocycles. The second kappa shape index (κ2) is 5.39. The van der Waals surface area contributed by atoms with E-state index in [1.807, 2.05) is 13.8 Å². The number of nitrogens with zero attached hydrogens (tertiary/aromatic N) is 1. The maximum Gasteiger partial charge on any atom is 0.240 e. The quantitative estimate of drug-likeness (QED) is 0.746. The molecule has 6 nitrogen and oxygen atoms in total. The van der Waals surface area contributed by atoms with E-state index in [9.17, 15) is 8.42 Å². The molecule has 2 rings (SSSR count). The van der Waals surface area contributed by atoms with E-state index in [0.29, 0.717) is 5.69 Å². The lowest BCUT2D eigenvalue weighted by Crippen LogP contribution is -2.16. The van der Waals surface area contributed by atoms with Gasteiger partial charge in [0.1, 0.15) is 9.90 Å². The molecule has 0 fully saturated rings. The van der Waals surface area contributed by atoms with E-state index >= 15 is 0 Å². The number of nitrogens with one attached hydrogen (secondary N) is 1. The van der Waals surface area contributed by atoms with Crippen molar-refractivity contribution in [1.82, 2.24) is 4.98 Å². The van der Waals surface area contributed by atoms with Crippen LogP contribution in [0.2, 0.25) is 0 Å². The lowest BCUT2D eigenvalue weighted by atomic mass is 10.2. The minimum atomic E-state index is -3.83. The third-order valence-corrected chi connectivity index (χ3v) is 4.82. The Kier molecular flexibility index (Phi) is 3.98. The van der Waals surface area contributed by atoms with Crippen molar-refractivity contribution in [3.63, 3.8) is 0 Å². The molecule has 0 aliphatic carbocycles. The standard InChI is InChI=1S/C12H16N4O2S2/c1-7-6-15-12(19-7)8(2)16-9-4-3-5-10(11(9)13)20(14,17)18/h3-6,8,16H,13H2,1-2H3,(H2,14,17,18). The Hall–Kier alpha value is -1.64. The molecule has 1 aromatic carbocycles. The lowest BCUT2D eigenvalue weighted by Gasteiger charge is -2.16. The van der Waals surface area contributed by atoms with E-state index in [1.165, 1.54) is 6.07 Å². The van der Waals surface area contributed by atoms with Crippen LogP contribution in [-0.4, -0.2) is 13.4 Å². The Labute approximate surface area is 121 Å². The summed E-state index contributed by atoms with van der Waals surface area (Å²) in [6.45, 7) is 3.91. The maximum atomic E-state index is 11.4. The number of primary sulfonamides is 1. The first-order valence-electron chi connectivity index (χ1n) is 5.89. The van der Waals surface area contributed by atoms with Crippen LogP contribution in [0.5, 0.6) is 0 Å². The Bertz CT molecular complexity index is 725. The topological polar surface area (TPSA) is 111 Å². The number of nitrogen functional groups attached to an aromatic ring is 1. The van der Waals surface area contributed by atoms with Crippen LogP contribution in [0, 0.1) is 6.92 Å². The van der Waals surface area contributed by atoms with Gasteiger partial charge in [-0.25, -0.2) is 18.5 Å². The van der Waals surface area contributed by atoms with Gasteiger partial charge in [-0.3, -0.25) is 0 Å². The second-order valence-electron chi connectivity index (χ2n) is 4.44. The van der Waals surface area contributed by atoms with E-state index < -0.39 is 10.0 Å². The molecular formula is C12H16N4O2S2. The number of rotatable bonds is 4. The van der Waals surface area contributed by atoms with Crippen molar-refractivity contribution in [2.75, 3.05) is 11.1 Å². The summed E-state index contributed by atoms with van der Waals surface area (Å²) in [6, 6.07) is 4.61. The van der Waals surface area contributed by atoms with Crippen molar-refractivity contribution in [1.29, 1.82) is 0 Å². The van der Waals surface area contributed by atoms with Crippen LogP contribution in [0.25, 0.3) is 0 Å². The monoisotopic (exact) mass is 312 g/mol. The Morgan fingerprint density at radius 3 is 2.65 bits per heavy atom. The van der Waals surface area contributed by atoms with Gasteiger partial charge in [-0.1, -0.05) is 6.07 Å². The molecule has 108 valence electrons. The number of aryl methyl sites for hydroxylation is 1. The zero-order valence-electron chi connectivity index (χ0n) is 11.1. The van der Waals surface area contributed by atoms with Gasteiger partial charge < -0.3 is 11.1 Å². The molecule has 1 heterocycles. The Balaban J connectivity index is 2.31. The van der Waals surface area contributed by atoms with Crippen LogP contribution in [0.4, 0.5) is 11.4 Å². The zero-order valence-corrected chi connectivity index (χ0v) is 12.8. The first-order chi connectivity index (χ1) is 9.29. The predicted octanol–water partition coefficient (Wildman–Crippen LogP) is 1.85. The lowest BCUT2D eigenvalue weighted by molar-refractivity contribution is 0.598. The highest BCUT2D eigenvalue weighted by atomic mass is 32.2. The van der Waals surface area contributed by atoms with Crippen LogP contribution in [0.15, 0.2) is 29.3 Å². The van der Waals surface area contributed by atoms with E-state index in [4.69, 9.17) is 10.9 Å². The van der Waals surface area contributed by atoms with Gasteiger partial charge in [0.05, 0.1) is 17.4 Å². The van der Waals surface area contributed by atoms with Gasteiger partial charge in [-0.2, -0.15) is 0 Å². The van der Waals surface area contributed by atoms with Crippen molar-refractivity contribution >= 4 is 32.7 Å². The largest absolute Gasteiger partial charge is 0.396 e. The summed E-state index contributed by atoms with van der Waals surface area (Å²) in [7, 11) is -3.83. The Morgan fingerprint density at radius 2 is 2.10 bits per heavy atom. The number of anilines is 2. The van der Waals surface area contributed by atoms with E-state index in [-0.39, 0.29) is 16.6 Å². The van der Waals surface area contributed by atoms with Crippen LogP contribution in [-0.2, 0) is 10.0 Å². The number of thiazole rings is 1. The van der Waals surface area contributed by atoms with Crippen LogP contribution >= 0.6 is 11.3 Å². The summed E-state index contributed by atoms with van der Waals surface area (Å²) in [6.07, 6.45) is 1.79. The Morgan fingerprint density at radius 1 is 1.40 bits per heavy atom. The van der Waals surface area contributed by atoms with E-state index in [2.05, 4.69) is 10.3 Å². The maximum absolute atomic E-state index is 11.4. The minimum absolute atomic E-state index is 0.0771. The van der Waals surface area contributed by atoms with E-state index in [1.54, 1.807) is 29.7 Å². The highest BCUT2D eigenvalue weighted by molar-refractivity contribution is 7.89. The SMILES string of the molecule is Cc1cnc(C(C)Nc2cccc(S(N)(=O)=O)c2N)s1. The number of hydrogen-bond acceptors (Lipinski definition) is 6. The van der Waals surface area contributed by atoms with Crippen molar-refractivity contribution < 1.29 is 8.42 Å². The molecule has 0 bridgehead atoms. The summed E-state index contributed by atoms with van der Waals surface area (Å²) in [5.74, 6) is 0. The number of sulfonamides is 1. The molecule has 0 saturated heterocycles. The fourth-order valence-electron chi connectivity index (χ4n) is 1.79. The number of benzene rings is 1. The molecule has 20 heavy (non-hydrogen) atoms. The fraction of sp³-hybridized carbons (Fsp3) is 0.250. The molecule has 1 unspecified atom stereocenters. The van der Waals surface area contributed by atoms with Gasteiger partial charge in [-0.15, -0.1) is 11.3 Å². The van der Waals surface area contributed by atoms with Crippen LogP contribution < -0.4 is 16.2 Å². The smallest absolute Gasteiger partial charge is 0.240 e. The van der Waals surface area contributed by atoms with Crippen LogP contribution in [0.1, 0.15) is 22.9 Å². The molecule has 0 aliphatic rings. The summed E-state index contributed by atoms with van der Waals surface area (Å²) < 4.78 is 22.8. The van der Waals surface area contributed by atoms with Gasteiger partial charge in [-0.05, 0) is 26.0 Å². The minimum Gasteiger partial charge on any atom is -0.396 e. The van der Waals surface area contributed by atoms with Crippen LogP contribution in [0.3, 0.4) is 0 Å². The summed E-state index contributed by atoms with van der Waals surface area (Å²) >= 11 is 1.57. The number of nitrogens with two attached hydrogens (primary N) is 2. The molecular weight excluding hydrogens is 296 g/mol. The van der Waals surface area contributed by atoms with Crippen molar-refractivity contribution in [3.8, 4) is 0 Å². The molecule has 2 aromatic rings. The fourth-order valence-corrected chi connectivity index (χ4v) is 3.25. The number of aromatic nitrogens is 1. The first-order valence-corrected chi connectivity index (χ1v) is 8.25. The van der Waals surface area contributed by atoms with Crippen molar-refractivity contribution in [3.05, 3.63) is 34.3 Å². The van der Waals surface area contributed by atoms with Crippen molar-refractivity contribution in [2.24, 2.45) is 5.14 Å². The summed E-state index contributed by atoms with van der Waals surface area (Å²) in [4.78, 5) is 5.32. The van der Waals surface area contributed by atoms with Gasteiger partial charge in [0.2, 0.25) is 10.0 Å². The molecule has 5 N–H and O–H groups in total. The van der Waals surface area contributed by atoms with E-state index in [0.717, 1.165) is 9.88 Å². The normalized spacial score (nSPS) is 13.2. The highest BCUT2D eigenvalue weighted by Gasteiger charge is 2.17. The molecule has 0 amide bonds. The molecule has 1 aromatic heterocycles. The molecule has 0 spiro atoms. The van der Waals surface area contributed by atoms with Crippen molar-refractivity contribution in [2.45, 2.75) is 24.8 Å². The molecule has 8 heteroatoms. The molecule has 0 saturated carbocycles. The third-order valence-electron chi connectivity index (χ3n) is 2.75. The average molecular weight is 312 g/mol. The predicted molar refractivity (Wildman–Crippen MR) is 81.1 cm³/mol. The second-order valence-corrected chi connectivity index (χ2v) is 7.23. The summed E-state index contributed by atoms with van der Waals surface area (Å²) in [5, 5.41) is 9.19. The third kappa shape index (κ3) is 3.09. The molecule has 0 radical (unpaired) electrons. The average Bonchev–Trinajstić information content (AvgIpc) is 2.77. The number of para-hydroxylation sites is 1. The van der Waals surface area contributed by atoms with Gasteiger partial charge in [0.25, 0.3) is 0 Å². The number of hydrogen-bond donors (Lipinski definition) is 3. The zero-order chi connectivity index (χ0) is 14.9. The van der Waals surface area contributed by atoms with Gasteiger partial charge >= 0.3 is 0 Å². The van der Waals surface area contributed by atoms with Gasteiger partial charge in [0, 0.05) is 11.1 Å². The highest BCUT2D eigenvalue weighted by Crippen LogP contribution is 2.30. The van der Waals surface area contributed by atoms with Gasteiger partial charge in [0.15, 0.2) is 0 Å². The first kappa shape index (κ1) is 14.8. The summed E-state index contributed by atoms with van der Waals surface area (Å²) in [5.41, 5.74) is 6.51.